The summed E-state index contributed by atoms with van der Waals surface area (Å²) in [6, 6.07) is 5.11. The van der Waals surface area contributed by atoms with Crippen molar-refractivity contribution in [1.29, 1.82) is 0 Å². The smallest absolute Gasteiger partial charge is 0.312 e. The Morgan fingerprint density at radius 1 is 1.30 bits per heavy atom. The van der Waals surface area contributed by atoms with Gasteiger partial charge in [0.15, 0.2) is 0 Å². The maximum Gasteiger partial charge on any atom is 0.312 e. The quantitative estimate of drug-likeness (QED) is 0.842. The molecule has 6 heteroatoms. The van der Waals surface area contributed by atoms with E-state index in [2.05, 4.69) is 4.98 Å². The lowest BCUT2D eigenvalue weighted by Crippen LogP contribution is -2.58. The second-order valence-electron chi connectivity index (χ2n) is 9.06. The van der Waals surface area contributed by atoms with Crippen LogP contribution in [0.3, 0.4) is 0 Å². The van der Waals surface area contributed by atoms with Crippen LogP contribution in [0.15, 0.2) is 29.2 Å². The van der Waals surface area contributed by atoms with Crippen LogP contribution in [-0.2, 0) is 16.1 Å². The van der Waals surface area contributed by atoms with E-state index in [4.69, 9.17) is 4.74 Å². The van der Waals surface area contributed by atoms with Gasteiger partial charge in [-0.15, -0.1) is 0 Å². The Bertz CT molecular complexity index is 981. The van der Waals surface area contributed by atoms with E-state index >= 15 is 0 Å². The molecule has 142 valence electrons. The molecule has 0 radical (unpaired) electrons. The third kappa shape index (κ3) is 2.78. The predicted octanol–water partition coefficient (Wildman–Crippen LogP) is 2.38. The molecule has 1 N–H and O–H groups in total. The summed E-state index contributed by atoms with van der Waals surface area (Å²) in [5.74, 6) is 0.617. The summed E-state index contributed by atoms with van der Waals surface area (Å²) < 4.78 is 7.12. The number of carbonyl (C=O) groups is 1. The van der Waals surface area contributed by atoms with Crippen molar-refractivity contribution in [1.82, 2.24) is 9.38 Å². The van der Waals surface area contributed by atoms with Gasteiger partial charge < -0.3 is 9.84 Å². The highest BCUT2D eigenvalue weighted by molar-refractivity contribution is 5.77. The van der Waals surface area contributed by atoms with Crippen molar-refractivity contribution in [3.63, 3.8) is 0 Å². The van der Waals surface area contributed by atoms with Crippen LogP contribution in [0.1, 0.15) is 49.8 Å². The van der Waals surface area contributed by atoms with Crippen LogP contribution < -0.4 is 5.56 Å². The Labute approximate surface area is 157 Å². The lowest BCUT2D eigenvalue weighted by molar-refractivity contribution is -0.197. The van der Waals surface area contributed by atoms with E-state index < -0.39 is 11.0 Å². The minimum Gasteiger partial charge on any atom is -0.459 e. The maximum atomic E-state index is 13.0. The summed E-state index contributed by atoms with van der Waals surface area (Å²) in [5, 5.41) is 10.8. The molecule has 0 aromatic carbocycles. The number of aliphatic hydroxyl groups is 1. The fraction of sp³-hybridized carbons (Fsp3) is 0.571. The van der Waals surface area contributed by atoms with Gasteiger partial charge in [-0.05, 0) is 68.9 Å². The van der Waals surface area contributed by atoms with E-state index in [-0.39, 0.29) is 18.1 Å². The summed E-state index contributed by atoms with van der Waals surface area (Å²) in [6.07, 6.45) is 6.66. The molecule has 4 aliphatic carbocycles. The minimum absolute atomic E-state index is 0.00599. The number of hydrogen-bond acceptors (Lipinski definition) is 5. The van der Waals surface area contributed by atoms with E-state index in [1.54, 1.807) is 12.3 Å². The van der Waals surface area contributed by atoms with Crippen molar-refractivity contribution >= 4 is 11.6 Å². The van der Waals surface area contributed by atoms with Crippen molar-refractivity contribution in [2.24, 2.45) is 17.3 Å². The third-order valence-corrected chi connectivity index (χ3v) is 6.67. The highest BCUT2D eigenvalue weighted by Crippen LogP contribution is 2.62. The van der Waals surface area contributed by atoms with E-state index in [0.717, 1.165) is 37.7 Å². The number of hydrogen-bond donors (Lipinski definition) is 1. The van der Waals surface area contributed by atoms with Crippen LogP contribution in [-0.4, -0.2) is 26.1 Å². The number of nitrogens with zero attached hydrogens (tertiary/aromatic N) is 2. The number of ether oxygens (including phenoxy) is 1. The minimum atomic E-state index is -0.693. The molecule has 2 unspecified atom stereocenters. The molecule has 0 aliphatic heterocycles. The Morgan fingerprint density at radius 3 is 2.74 bits per heavy atom. The molecule has 4 fully saturated rings. The first kappa shape index (κ1) is 16.9. The molecule has 0 spiro atoms. The Hall–Kier alpha value is -2.21. The number of aryl methyl sites for hydroxylation is 1. The molecule has 0 amide bonds. The molecular weight excluding hydrogens is 344 g/mol. The van der Waals surface area contributed by atoms with Crippen molar-refractivity contribution in [3.8, 4) is 0 Å². The lowest BCUT2D eigenvalue weighted by Gasteiger charge is -2.58. The average Bonchev–Trinajstić information content (AvgIpc) is 2.58. The van der Waals surface area contributed by atoms with Gasteiger partial charge >= 0.3 is 5.97 Å². The molecule has 27 heavy (non-hydrogen) atoms. The summed E-state index contributed by atoms with van der Waals surface area (Å²) in [5.41, 5.74) is 0.552. The number of carbonyl (C=O) groups excluding carboxylic acids is 1. The molecule has 2 aromatic rings. The van der Waals surface area contributed by atoms with Crippen LogP contribution in [0.4, 0.5) is 0 Å². The molecule has 2 aromatic heterocycles. The first-order valence-electron chi connectivity index (χ1n) is 9.73. The van der Waals surface area contributed by atoms with E-state index in [9.17, 15) is 14.7 Å². The zero-order valence-electron chi connectivity index (χ0n) is 15.5. The zero-order valence-corrected chi connectivity index (χ0v) is 15.5. The molecule has 0 saturated heterocycles. The van der Waals surface area contributed by atoms with Crippen molar-refractivity contribution in [2.45, 2.75) is 57.7 Å². The van der Waals surface area contributed by atoms with Crippen molar-refractivity contribution in [2.75, 3.05) is 0 Å². The number of aromatic nitrogens is 2. The van der Waals surface area contributed by atoms with Gasteiger partial charge in [0.05, 0.1) is 16.7 Å². The third-order valence-electron chi connectivity index (χ3n) is 6.67. The lowest BCUT2D eigenvalue weighted by atomic mass is 9.48. The van der Waals surface area contributed by atoms with Gasteiger partial charge in [0.25, 0.3) is 5.56 Å². The maximum absolute atomic E-state index is 13.0. The fourth-order valence-electron chi connectivity index (χ4n) is 6.08. The van der Waals surface area contributed by atoms with Crippen LogP contribution in [0, 0.1) is 24.2 Å². The van der Waals surface area contributed by atoms with Crippen LogP contribution in [0.25, 0.3) is 5.65 Å². The van der Waals surface area contributed by atoms with E-state index in [0.29, 0.717) is 29.6 Å². The van der Waals surface area contributed by atoms with Crippen LogP contribution in [0.5, 0.6) is 0 Å². The van der Waals surface area contributed by atoms with Gasteiger partial charge in [0.1, 0.15) is 12.3 Å². The van der Waals surface area contributed by atoms with E-state index in [1.807, 2.05) is 13.0 Å². The van der Waals surface area contributed by atoms with Gasteiger partial charge in [-0.3, -0.25) is 14.0 Å². The second kappa shape index (κ2) is 5.64. The van der Waals surface area contributed by atoms with Crippen molar-refractivity contribution in [3.05, 3.63) is 46.0 Å². The predicted molar refractivity (Wildman–Crippen MR) is 98.1 cm³/mol. The van der Waals surface area contributed by atoms with Gasteiger partial charge in [-0.25, -0.2) is 4.98 Å². The second-order valence-corrected chi connectivity index (χ2v) is 9.06. The zero-order chi connectivity index (χ0) is 18.8. The first-order chi connectivity index (χ1) is 12.8. The van der Waals surface area contributed by atoms with Gasteiger partial charge in [-0.1, -0.05) is 6.07 Å². The largest absolute Gasteiger partial charge is 0.459 e. The molecule has 4 atom stereocenters. The topological polar surface area (TPSA) is 80.9 Å². The molecule has 4 bridgehead atoms. The molecule has 4 saturated carbocycles. The number of fused-ring (bicyclic) bond motifs is 1. The first-order valence-corrected chi connectivity index (χ1v) is 9.73. The SMILES string of the molecule is Cc1ccc2nc(COC(=O)C34C[C@@H]5C[C@@H](CC(O)(C5)C3)C4)cc(=O)n2c1. The molecule has 2 heterocycles. The average molecular weight is 368 g/mol. The normalized spacial score (nSPS) is 34.1. The number of esters is 1. The summed E-state index contributed by atoms with van der Waals surface area (Å²) in [4.78, 5) is 29.7. The Kier molecular flexibility index (Phi) is 3.54. The summed E-state index contributed by atoms with van der Waals surface area (Å²) in [7, 11) is 0. The highest BCUT2D eigenvalue weighted by atomic mass is 16.5. The van der Waals surface area contributed by atoms with Crippen molar-refractivity contribution < 1.29 is 14.6 Å². The number of rotatable bonds is 3. The van der Waals surface area contributed by atoms with Crippen LogP contribution >= 0.6 is 0 Å². The highest BCUT2D eigenvalue weighted by Gasteiger charge is 2.60. The summed E-state index contributed by atoms with van der Waals surface area (Å²) >= 11 is 0. The van der Waals surface area contributed by atoms with Gasteiger partial charge in [0, 0.05) is 12.3 Å². The molecule has 6 nitrogen and oxygen atoms in total. The summed E-state index contributed by atoms with van der Waals surface area (Å²) in [6.45, 7) is 1.91. The molecular formula is C21H24N2O4. The Balaban J connectivity index is 1.36. The van der Waals surface area contributed by atoms with Gasteiger partial charge in [0.2, 0.25) is 0 Å². The molecule has 4 aliphatic rings. The van der Waals surface area contributed by atoms with E-state index in [1.165, 1.54) is 10.5 Å². The number of pyridine rings is 1. The van der Waals surface area contributed by atoms with Crippen LogP contribution in [0.2, 0.25) is 0 Å². The van der Waals surface area contributed by atoms with Gasteiger partial charge in [-0.2, -0.15) is 0 Å². The standard InChI is InChI=1S/C21H24N2O4/c1-13-2-3-17-22-16(5-18(24)23(17)10-13)11-27-19(25)20-6-14-4-15(7-20)9-21(26,8-14)12-20/h2-3,5,10,14-15,26H,4,6-9,11-12H2,1H3/t14-,15+,20?,21?. The Morgan fingerprint density at radius 2 is 2.04 bits per heavy atom. The molecule has 6 rings (SSSR count). The fourth-order valence-corrected chi connectivity index (χ4v) is 6.08. The monoisotopic (exact) mass is 368 g/mol.